The molecule has 8 rings (SSSR count). The quantitative estimate of drug-likeness (QED) is 0.323. The monoisotopic (exact) mass is 613 g/mol. The summed E-state index contributed by atoms with van der Waals surface area (Å²) in [6.07, 6.45) is 12.9. The molecule has 5 aliphatic rings. The molecule has 0 bridgehead atoms. The molecule has 3 aliphatic carbocycles. The van der Waals surface area contributed by atoms with Crippen molar-refractivity contribution < 1.29 is 14.2 Å². The predicted octanol–water partition coefficient (Wildman–Crippen LogP) is 5.38. The van der Waals surface area contributed by atoms with Gasteiger partial charge in [-0.2, -0.15) is 5.10 Å². The molecule has 0 unspecified atom stereocenters. The lowest BCUT2D eigenvalue weighted by Crippen LogP contribution is -2.53. The van der Waals surface area contributed by atoms with Crippen molar-refractivity contribution in [3.8, 4) is 5.69 Å². The summed E-state index contributed by atoms with van der Waals surface area (Å²) in [7, 11) is 0. The van der Waals surface area contributed by atoms with Crippen LogP contribution in [0.1, 0.15) is 94.3 Å². The van der Waals surface area contributed by atoms with Crippen LogP contribution in [-0.2, 0) is 26.4 Å². The number of benzene rings is 1. The molecule has 4 heterocycles. The summed E-state index contributed by atoms with van der Waals surface area (Å²) in [4.78, 5) is 7.73. The number of rotatable bonds is 10. The van der Waals surface area contributed by atoms with Crippen molar-refractivity contribution in [2.45, 2.75) is 101 Å². The second-order valence-electron chi connectivity index (χ2n) is 14.6. The number of hydrogen-bond acceptors (Lipinski definition) is 9. The average Bonchev–Trinajstić information content (AvgIpc) is 4.02. The fourth-order valence-electron chi connectivity index (χ4n) is 7.59. The lowest BCUT2D eigenvalue weighted by molar-refractivity contribution is -0.178. The zero-order chi connectivity index (χ0) is 30.3. The van der Waals surface area contributed by atoms with Crippen LogP contribution >= 0.6 is 0 Å². The van der Waals surface area contributed by atoms with Gasteiger partial charge in [0.05, 0.1) is 43.9 Å². The summed E-state index contributed by atoms with van der Waals surface area (Å²) < 4.78 is 20.3. The van der Waals surface area contributed by atoms with Gasteiger partial charge in [0.25, 0.3) is 0 Å². The molecule has 2 aliphatic heterocycles. The molecule has 0 amide bonds. The first kappa shape index (κ1) is 29.5. The first-order valence-corrected chi connectivity index (χ1v) is 17.2. The van der Waals surface area contributed by atoms with Crippen LogP contribution in [0.25, 0.3) is 5.69 Å². The fraction of sp³-hybridized carbons (Fsp3) is 0.657. The fourth-order valence-corrected chi connectivity index (χ4v) is 7.59. The topological polar surface area (TPSA) is 99.5 Å². The molecule has 10 heteroatoms. The number of ether oxygens (including phenoxy) is 3. The van der Waals surface area contributed by atoms with Crippen LogP contribution in [-0.4, -0.2) is 81.0 Å². The molecule has 45 heavy (non-hydrogen) atoms. The van der Waals surface area contributed by atoms with E-state index in [1.807, 2.05) is 16.9 Å². The highest BCUT2D eigenvalue weighted by Gasteiger charge is 2.50. The minimum atomic E-state index is -0.380. The lowest BCUT2D eigenvalue weighted by atomic mass is 9.73. The Labute approximate surface area is 266 Å². The van der Waals surface area contributed by atoms with Gasteiger partial charge in [-0.05, 0) is 75.2 Å². The van der Waals surface area contributed by atoms with E-state index in [-0.39, 0.29) is 11.2 Å². The molecular weight excluding hydrogens is 566 g/mol. The molecule has 1 N–H and O–H groups in total. The summed E-state index contributed by atoms with van der Waals surface area (Å²) in [6.45, 7) is 8.68. The maximum atomic E-state index is 6.44. The van der Waals surface area contributed by atoms with Crippen molar-refractivity contribution in [2.75, 3.05) is 44.8 Å². The Morgan fingerprint density at radius 1 is 0.978 bits per heavy atom. The van der Waals surface area contributed by atoms with E-state index in [9.17, 15) is 0 Å². The molecule has 1 aromatic carbocycles. The van der Waals surface area contributed by atoms with Gasteiger partial charge in [0, 0.05) is 37.7 Å². The molecule has 1 spiro atoms. The van der Waals surface area contributed by atoms with Gasteiger partial charge in [-0.25, -0.2) is 9.67 Å². The number of anilines is 1. The summed E-state index contributed by atoms with van der Waals surface area (Å²) in [6, 6.07) is 12.8. The summed E-state index contributed by atoms with van der Waals surface area (Å²) in [5.41, 5.74) is 2.03. The highest BCUT2D eigenvalue weighted by atomic mass is 16.6. The van der Waals surface area contributed by atoms with E-state index in [1.165, 1.54) is 24.9 Å². The Morgan fingerprint density at radius 3 is 2.49 bits per heavy atom. The van der Waals surface area contributed by atoms with Crippen molar-refractivity contribution >= 4 is 5.82 Å². The van der Waals surface area contributed by atoms with Crippen LogP contribution < -0.4 is 5.32 Å². The minimum Gasteiger partial charge on any atom is -0.376 e. The molecule has 10 nitrogen and oxygen atoms in total. The number of likely N-dealkylation sites (tertiary alicyclic amines) is 1. The highest BCUT2D eigenvalue weighted by molar-refractivity contribution is 5.44. The molecule has 2 aromatic heterocycles. The van der Waals surface area contributed by atoms with E-state index in [2.05, 4.69) is 57.7 Å². The van der Waals surface area contributed by atoms with Crippen LogP contribution in [0.4, 0.5) is 5.82 Å². The second-order valence-corrected chi connectivity index (χ2v) is 14.6. The largest absolute Gasteiger partial charge is 0.376 e. The summed E-state index contributed by atoms with van der Waals surface area (Å²) >= 11 is 0. The smallest absolute Gasteiger partial charge is 0.183 e. The van der Waals surface area contributed by atoms with E-state index >= 15 is 0 Å². The highest BCUT2D eigenvalue weighted by Crippen LogP contribution is 2.50. The van der Waals surface area contributed by atoms with Gasteiger partial charge in [-0.15, -0.1) is 10.2 Å². The van der Waals surface area contributed by atoms with E-state index in [0.717, 1.165) is 107 Å². The second kappa shape index (κ2) is 12.0. The molecule has 3 aromatic rings. The summed E-state index contributed by atoms with van der Waals surface area (Å²) in [5.74, 6) is 3.10. The van der Waals surface area contributed by atoms with Gasteiger partial charge in [-0.1, -0.05) is 37.3 Å². The molecule has 240 valence electrons. The zero-order valence-electron chi connectivity index (χ0n) is 26.6. The van der Waals surface area contributed by atoms with Crippen molar-refractivity contribution in [3.63, 3.8) is 0 Å². The van der Waals surface area contributed by atoms with Crippen LogP contribution in [0.2, 0.25) is 0 Å². The first-order valence-electron chi connectivity index (χ1n) is 17.2. The molecule has 5 fully saturated rings. The Balaban J connectivity index is 0.888. The first-order chi connectivity index (χ1) is 22.0. The summed E-state index contributed by atoms with van der Waals surface area (Å²) in [5, 5.41) is 17.6. The van der Waals surface area contributed by atoms with Crippen LogP contribution in [0.3, 0.4) is 0 Å². The average molecular weight is 614 g/mol. The van der Waals surface area contributed by atoms with Crippen molar-refractivity contribution in [2.24, 2.45) is 5.41 Å². The predicted molar refractivity (Wildman–Crippen MR) is 170 cm³/mol. The molecular formula is C35H47N7O3. The van der Waals surface area contributed by atoms with Crippen LogP contribution in [0.15, 0.2) is 42.6 Å². The third-order valence-corrected chi connectivity index (χ3v) is 10.8. The number of aromatic nitrogens is 5. The van der Waals surface area contributed by atoms with Crippen molar-refractivity contribution in [1.29, 1.82) is 0 Å². The van der Waals surface area contributed by atoms with E-state index in [1.54, 1.807) is 0 Å². The molecule has 3 saturated carbocycles. The van der Waals surface area contributed by atoms with Crippen LogP contribution in [0.5, 0.6) is 0 Å². The maximum absolute atomic E-state index is 6.44. The van der Waals surface area contributed by atoms with Gasteiger partial charge < -0.3 is 24.4 Å². The van der Waals surface area contributed by atoms with E-state index in [0.29, 0.717) is 24.0 Å². The van der Waals surface area contributed by atoms with Crippen molar-refractivity contribution in [3.05, 3.63) is 59.8 Å². The number of nitrogens with one attached hydrogen (secondary N) is 1. The molecule has 2 saturated heterocycles. The van der Waals surface area contributed by atoms with Gasteiger partial charge in [-0.3, -0.25) is 0 Å². The lowest BCUT2D eigenvalue weighted by Gasteiger charge is -2.47. The van der Waals surface area contributed by atoms with Gasteiger partial charge in [0.15, 0.2) is 11.6 Å². The normalized spacial score (nSPS) is 27.8. The molecule has 0 atom stereocenters. The van der Waals surface area contributed by atoms with E-state index < -0.39 is 0 Å². The van der Waals surface area contributed by atoms with Gasteiger partial charge in [0.2, 0.25) is 0 Å². The van der Waals surface area contributed by atoms with Crippen molar-refractivity contribution in [1.82, 2.24) is 29.9 Å². The Kier molecular flexibility index (Phi) is 7.88. The third kappa shape index (κ3) is 6.52. The maximum Gasteiger partial charge on any atom is 0.183 e. The Bertz CT molecular complexity index is 1450. The number of piperidine rings is 1. The zero-order valence-corrected chi connectivity index (χ0v) is 26.6. The minimum absolute atomic E-state index is 0.0323. The van der Waals surface area contributed by atoms with Gasteiger partial charge in [0.1, 0.15) is 11.4 Å². The molecule has 0 radical (unpaired) electrons. The van der Waals surface area contributed by atoms with E-state index in [4.69, 9.17) is 24.3 Å². The SMILES string of the molecule is CC1(CN2CCC3(CC2)COCCO3)CCC(Nc2cc(-n3nc(C4(OCc5ccccc5)CC4)nc3C3CC3)cnn2)CC1. The number of nitrogens with zero attached hydrogens (tertiary/aromatic N) is 6. The Hall–Kier alpha value is -2.92. The van der Waals surface area contributed by atoms with Crippen LogP contribution in [0, 0.1) is 5.41 Å². The van der Waals surface area contributed by atoms with Gasteiger partial charge >= 0.3 is 0 Å². The third-order valence-electron chi connectivity index (χ3n) is 10.8. The number of hydrogen-bond donors (Lipinski definition) is 1. The standard InChI is InChI=1S/C35H47N7O3/c1-33(24-41-17-15-34(16-18-41)25-43-19-20-44-34)11-9-28(10-12-33)37-30-21-29(22-36-39-30)42-31(27-7-8-27)38-32(40-42)35(13-14-35)45-23-26-5-3-2-4-6-26/h2-6,21-22,27-28H,7-20,23-25H2,1H3,(H,37,39). The Morgan fingerprint density at radius 2 is 1.78 bits per heavy atom.